The molecule has 0 aliphatic heterocycles. The third kappa shape index (κ3) is 3.85. The van der Waals surface area contributed by atoms with Crippen LogP contribution in [0, 0.1) is 0 Å². The van der Waals surface area contributed by atoms with Crippen molar-refractivity contribution in [2.45, 2.75) is 24.0 Å². The smallest absolute Gasteiger partial charge is 0.417 e. The average Bonchev–Trinajstić information content (AvgIpc) is 2.97. The first kappa shape index (κ1) is 17.9. The standard InChI is InChI=1S/C16H13ClF3N3OS/c1-2-24-13-6-4-3-5-10(13)9-25-15-22-21-14-12(17)7-11(8-23(14)15)16(18,19)20/h3-8H,2,9H2,1H3. The van der Waals surface area contributed by atoms with Gasteiger partial charge in [0, 0.05) is 17.5 Å². The van der Waals surface area contributed by atoms with Crippen LogP contribution in [-0.2, 0) is 11.9 Å². The number of rotatable bonds is 5. The highest BCUT2D eigenvalue weighted by atomic mass is 35.5. The van der Waals surface area contributed by atoms with Crippen LogP contribution in [0.2, 0.25) is 5.02 Å². The third-order valence-electron chi connectivity index (χ3n) is 3.39. The van der Waals surface area contributed by atoms with E-state index in [1.54, 1.807) is 0 Å². The van der Waals surface area contributed by atoms with Crippen molar-refractivity contribution < 1.29 is 17.9 Å². The maximum absolute atomic E-state index is 13.0. The number of fused-ring (bicyclic) bond motifs is 1. The van der Waals surface area contributed by atoms with E-state index in [0.717, 1.165) is 23.6 Å². The Kier molecular flexibility index (Phi) is 5.10. The molecule has 0 bridgehead atoms. The normalized spacial score (nSPS) is 11.9. The molecule has 132 valence electrons. The van der Waals surface area contributed by atoms with Crippen LogP contribution in [0.4, 0.5) is 13.2 Å². The molecule has 0 atom stereocenters. The molecule has 0 unspecified atom stereocenters. The van der Waals surface area contributed by atoms with Gasteiger partial charge in [-0.3, -0.25) is 4.40 Å². The molecule has 4 nitrogen and oxygen atoms in total. The van der Waals surface area contributed by atoms with Gasteiger partial charge in [0.05, 0.1) is 17.2 Å². The van der Waals surface area contributed by atoms with Crippen LogP contribution in [0.25, 0.3) is 5.65 Å². The third-order valence-corrected chi connectivity index (χ3v) is 4.66. The zero-order valence-electron chi connectivity index (χ0n) is 13.0. The molecule has 0 amide bonds. The molecule has 2 heterocycles. The summed E-state index contributed by atoms with van der Waals surface area (Å²) in [6, 6.07) is 8.33. The van der Waals surface area contributed by atoms with Crippen molar-refractivity contribution in [1.29, 1.82) is 0 Å². The Bertz CT molecular complexity index is 898. The monoisotopic (exact) mass is 387 g/mol. The van der Waals surface area contributed by atoms with Gasteiger partial charge in [-0.15, -0.1) is 10.2 Å². The minimum Gasteiger partial charge on any atom is -0.494 e. The Hall–Kier alpha value is -1.93. The Balaban J connectivity index is 1.91. The number of pyridine rings is 1. The Morgan fingerprint density at radius 1 is 1.24 bits per heavy atom. The van der Waals surface area contributed by atoms with E-state index in [9.17, 15) is 13.2 Å². The molecule has 9 heteroatoms. The quantitative estimate of drug-likeness (QED) is 0.571. The predicted molar refractivity (Wildman–Crippen MR) is 90.2 cm³/mol. The van der Waals surface area contributed by atoms with Gasteiger partial charge in [0.2, 0.25) is 0 Å². The van der Waals surface area contributed by atoms with Gasteiger partial charge in [-0.25, -0.2) is 0 Å². The second kappa shape index (κ2) is 7.13. The molecule has 3 aromatic rings. The van der Waals surface area contributed by atoms with E-state index in [0.29, 0.717) is 17.5 Å². The van der Waals surface area contributed by atoms with Gasteiger partial charge in [-0.1, -0.05) is 41.6 Å². The molecule has 0 saturated carbocycles. The van der Waals surface area contributed by atoms with Gasteiger partial charge < -0.3 is 4.74 Å². The largest absolute Gasteiger partial charge is 0.494 e. The number of para-hydroxylation sites is 1. The fourth-order valence-corrected chi connectivity index (χ4v) is 3.40. The lowest BCUT2D eigenvalue weighted by molar-refractivity contribution is -0.137. The van der Waals surface area contributed by atoms with Crippen molar-refractivity contribution in [2.24, 2.45) is 0 Å². The van der Waals surface area contributed by atoms with Gasteiger partial charge >= 0.3 is 6.18 Å². The molecule has 0 aliphatic carbocycles. The van der Waals surface area contributed by atoms with Gasteiger partial charge in [0.25, 0.3) is 0 Å². The number of hydrogen-bond acceptors (Lipinski definition) is 4. The molecule has 0 fully saturated rings. The number of aromatic nitrogens is 3. The lowest BCUT2D eigenvalue weighted by atomic mass is 10.2. The lowest BCUT2D eigenvalue weighted by Crippen LogP contribution is -2.07. The average molecular weight is 388 g/mol. The van der Waals surface area contributed by atoms with E-state index in [1.165, 1.54) is 16.2 Å². The van der Waals surface area contributed by atoms with Crippen molar-refractivity contribution in [2.75, 3.05) is 6.61 Å². The van der Waals surface area contributed by atoms with E-state index in [2.05, 4.69) is 10.2 Å². The summed E-state index contributed by atoms with van der Waals surface area (Å²) in [6.45, 7) is 2.41. The van der Waals surface area contributed by atoms with E-state index >= 15 is 0 Å². The number of benzene rings is 1. The lowest BCUT2D eigenvalue weighted by Gasteiger charge is -2.10. The number of ether oxygens (including phenoxy) is 1. The first-order valence-electron chi connectivity index (χ1n) is 7.35. The minimum absolute atomic E-state index is 0.0936. The topological polar surface area (TPSA) is 39.4 Å². The van der Waals surface area contributed by atoms with Gasteiger partial charge in [0.1, 0.15) is 5.75 Å². The van der Waals surface area contributed by atoms with E-state index < -0.39 is 11.7 Å². The molecule has 0 aliphatic rings. The molecule has 2 aromatic heterocycles. The zero-order valence-corrected chi connectivity index (χ0v) is 14.6. The second-order valence-electron chi connectivity index (χ2n) is 5.08. The highest BCUT2D eigenvalue weighted by molar-refractivity contribution is 7.98. The van der Waals surface area contributed by atoms with Gasteiger partial charge in [-0.2, -0.15) is 13.2 Å². The number of hydrogen-bond donors (Lipinski definition) is 0. The minimum atomic E-state index is -4.49. The summed E-state index contributed by atoms with van der Waals surface area (Å²) in [4.78, 5) is 0. The summed E-state index contributed by atoms with van der Waals surface area (Å²) >= 11 is 7.17. The Morgan fingerprint density at radius 2 is 2.00 bits per heavy atom. The molecule has 0 saturated heterocycles. The van der Waals surface area contributed by atoms with Crippen LogP contribution in [0.15, 0.2) is 41.7 Å². The molecule has 25 heavy (non-hydrogen) atoms. The Morgan fingerprint density at radius 3 is 2.72 bits per heavy atom. The molecular weight excluding hydrogens is 375 g/mol. The molecule has 1 aromatic carbocycles. The summed E-state index contributed by atoms with van der Waals surface area (Å²) in [5.41, 5.74) is 0.265. The van der Waals surface area contributed by atoms with Crippen LogP contribution in [0.3, 0.4) is 0 Å². The van der Waals surface area contributed by atoms with Crippen LogP contribution in [-0.4, -0.2) is 21.2 Å². The highest BCUT2D eigenvalue weighted by Gasteiger charge is 2.32. The zero-order chi connectivity index (χ0) is 18.0. The summed E-state index contributed by atoms with van der Waals surface area (Å²) in [6.07, 6.45) is -3.54. The van der Waals surface area contributed by atoms with E-state index in [4.69, 9.17) is 16.3 Å². The van der Waals surface area contributed by atoms with Crippen LogP contribution in [0.1, 0.15) is 18.1 Å². The predicted octanol–water partition coefficient (Wildman–Crippen LogP) is 5.09. The fraction of sp³-hybridized carbons (Fsp3) is 0.250. The molecule has 3 rings (SSSR count). The summed E-state index contributed by atoms with van der Waals surface area (Å²) in [5, 5.41) is 8.06. The maximum atomic E-state index is 13.0. The van der Waals surface area contributed by atoms with Crippen molar-refractivity contribution in [3.63, 3.8) is 0 Å². The summed E-state index contributed by atoms with van der Waals surface area (Å²) in [5.74, 6) is 1.21. The number of nitrogens with zero attached hydrogens (tertiary/aromatic N) is 3. The molecule has 0 N–H and O–H groups in total. The van der Waals surface area contributed by atoms with Crippen molar-refractivity contribution in [3.8, 4) is 5.75 Å². The van der Waals surface area contributed by atoms with E-state index in [-0.39, 0.29) is 10.7 Å². The van der Waals surface area contributed by atoms with Crippen molar-refractivity contribution in [1.82, 2.24) is 14.6 Å². The molecule has 0 spiro atoms. The van der Waals surface area contributed by atoms with Crippen LogP contribution < -0.4 is 4.74 Å². The molecule has 0 radical (unpaired) electrons. The van der Waals surface area contributed by atoms with Crippen molar-refractivity contribution in [3.05, 3.63) is 52.7 Å². The highest BCUT2D eigenvalue weighted by Crippen LogP contribution is 2.34. The summed E-state index contributed by atoms with van der Waals surface area (Å²) < 4.78 is 45.8. The van der Waals surface area contributed by atoms with Crippen LogP contribution >= 0.6 is 23.4 Å². The van der Waals surface area contributed by atoms with Crippen molar-refractivity contribution >= 4 is 29.0 Å². The number of thioether (sulfide) groups is 1. The Labute approximate surface area is 151 Å². The van der Waals surface area contributed by atoms with Crippen LogP contribution in [0.5, 0.6) is 5.75 Å². The number of alkyl halides is 3. The molecular formula is C16H13ClF3N3OS. The van der Waals surface area contributed by atoms with E-state index in [1.807, 2.05) is 31.2 Å². The van der Waals surface area contributed by atoms with Gasteiger partial charge in [0.15, 0.2) is 10.8 Å². The first-order chi connectivity index (χ1) is 11.9. The second-order valence-corrected chi connectivity index (χ2v) is 6.43. The maximum Gasteiger partial charge on any atom is 0.417 e. The van der Waals surface area contributed by atoms with Gasteiger partial charge in [-0.05, 0) is 19.1 Å². The number of halogens is 4. The SMILES string of the molecule is CCOc1ccccc1CSc1nnc2c(Cl)cc(C(F)(F)F)cn12. The first-order valence-corrected chi connectivity index (χ1v) is 8.71. The fourth-order valence-electron chi connectivity index (χ4n) is 2.25. The summed E-state index contributed by atoms with van der Waals surface area (Å²) in [7, 11) is 0.